The molecule has 0 amide bonds. The first-order valence-electron chi connectivity index (χ1n) is 9.34. The van der Waals surface area contributed by atoms with Gasteiger partial charge in [0.2, 0.25) is 5.82 Å². The van der Waals surface area contributed by atoms with E-state index in [1.165, 1.54) is 6.07 Å². The number of aryl methyl sites for hydroxylation is 1. The molecule has 2 N–H and O–H groups in total. The van der Waals surface area contributed by atoms with E-state index in [1.807, 2.05) is 0 Å². The van der Waals surface area contributed by atoms with Crippen LogP contribution < -0.4 is 0 Å². The number of aromatic nitrogens is 2. The highest BCUT2D eigenvalue weighted by molar-refractivity contribution is 5.72. The van der Waals surface area contributed by atoms with E-state index in [9.17, 15) is 23.4 Å². The van der Waals surface area contributed by atoms with Crippen molar-refractivity contribution in [2.45, 2.75) is 20.1 Å². The van der Waals surface area contributed by atoms with Gasteiger partial charge in [-0.05, 0) is 53.4 Å². The number of aliphatic hydroxyl groups excluding tert-OH is 2. The summed E-state index contributed by atoms with van der Waals surface area (Å²) in [6.45, 7) is 1.24. The number of aliphatic hydroxyl groups is 2. The zero-order chi connectivity index (χ0) is 22.1. The second-order valence-electron chi connectivity index (χ2n) is 7.00. The fourth-order valence-electron chi connectivity index (χ4n) is 3.38. The Kier molecular flexibility index (Phi) is 5.58. The van der Waals surface area contributed by atoms with Crippen LogP contribution in [0.5, 0.6) is 0 Å². The third-order valence-corrected chi connectivity index (χ3v) is 4.99. The molecule has 0 aliphatic heterocycles. The molecule has 3 aromatic carbocycles. The minimum Gasteiger partial charge on any atom is -0.392 e. The Morgan fingerprint density at radius 1 is 0.839 bits per heavy atom. The Morgan fingerprint density at radius 2 is 1.58 bits per heavy atom. The van der Waals surface area contributed by atoms with Crippen LogP contribution in [-0.2, 0) is 13.2 Å². The number of nitrogens with zero attached hydrogens (tertiary/aromatic N) is 2. The molecule has 1 heterocycles. The summed E-state index contributed by atoms with van der Waals surface area (Å²) in [5.74, 6) is -2.76. The number of rotatable bonds is 5. The maximum atomic E-state index is 14.2. The molecule has 0 aliphatic carbocycles. The topological polar surface area (TPSA) is 79.4 Å². The molecular formula is C23H17F3N2O3. The van der Waals surface area contributed by atoms with Crippen LogP contribution >= 0.6 is 0 Å². The minimum atomic E-state index is -1.26. The lowest BCUT2D eigenvalue weighted by Gasteiger charge is -2.09. The Balaban J connectivity index is 1.68. The molecule has 0 bridgehead atoms. The van der Waals surface area contributed by atoms with Crippen molar-refractivity contribution in [2.24, 2.45) is 0 Å². The molecule has 0 spiro atoms. The van der Waals surface area contributed by atoms with Gasteiger partial charge in [-0.1, -0.05) is 23.4 Å². The van der Waals surface area contributed by atoms with Gasteiger partial charge in [-0.15, -0.1) is 0 Å². The molecule has 0 atom stereocenters. The number of hydrogen-bond acceptors (Lipinski definition) is 5. The smallest absolute Gasteiger partial charge is 0.258 e. The lowest BCUT2D eigenvalue weighted by molar-refractivity contribution is 0.260. The van der Waals surface area contributed by atoms with Crippen molar-refractivity contribution in [3.05, 3.63) is 82.7 Å². The van der Waals surface area contributed by atoms with E-state index in [-0.39, 0.29) is 30.5 Å². The summed E-state index contributed by atoms with van der Waals surface area (Å²) in [4.78, 5) is 4.35. The zero-order valence-corrected chi connectivity index (χ0v) is 16.4. The molecule has 0 radical (unpaired) electrons. The van der Waals surface area contributed by atoms with Crippen LogP contribution in [0.2, 0.25) is 0 Å². The summed E-state index contributed by atoms with van der Waals surface area (Å²) in [6, 6.07) is 11.3. The molecule has 4 aromatic rings. The molecule has 0 unspecified atom stereocenters. The van der Waals surface area contributed by atoms with Crippen molar-refractivity contribution in [3.63, 3.8) is 0 Å². The van der Waals surface area contributed by atoms with Crippen molar-refractivity contribution in [1.29, 1.82) is 0 Å². The maximum Gasteiger partial charge on any atom is 0.258 e. The molecule has 5 nitrogen and oxygen atoms in total. The molecular weight excluding hydrogens is 409 g/mol. The van der Waals surface area contributed by atoms with Gasteiger partial charge in [0.05, 0.1) is 13.2 Å². The molecule has 158 valence electrons. The Morgan fingerprint density at radius 3 is 2.29 bits per heavy atom. The van der Waals surface area contributed by atoms with Crippen LogP contribution in [0.1, 0.15) is 16.7 Å². The summed E-state index contributed by atoms with van der Waals surface area (Å²) in [7, 11) is 0. The molecule has 0 saturated heterocycles. The molecule has 1 aromatic heterocycles. The van der Waals surface area contributed by atoms with Gasteiger partial charge in [-0.2, -0.15) is 4.98 Å². The minimum absolute atomic E-state index is 0.173. The van der Waals surface area contributed by atoms with E-state index in [0.29, 0.717) is 39.4 Å². The van der Waals surface area contributed by atoms with Crippen LogP contribution in [0.4, 0.5) is 13.2 Å². The van der Waals surface area contributed by atoms with Crippen molar-refractivity contribution in [2.75, 3.05) is 0 Å². The summed E-state index contributed by atoms with van der Waals surface area (Å²) >= 11 is 0. The van der Waals surface area contributed by atoms with Gasteiger partial charge in [0.15, 0.2) is 11.6 Å². The first-order chi connectivity index (χ1) is 14.9. The fourth-order valence-corrected chi connectivity index (χ4v) is 3.38. The third-order valence-electron chi connectivity index (χ3n) is 4.99. The normalized spacial score (nSPS) is 11.2. The van der Waals surface area contributed by atoms with E-state index >= 15 is 0 Å². The van der Waals surface area contributed by atoms with Crippen LogP contribution in [0.3, 0.4) is 0 Å². The number of benzene rings is 3. The van der Waals surface area contributed by atoms with E-state index < -0.39 is 17.5 Å². The monoisotopic (exact) mass is 426 g/mol. The van der Waals surface area contributed by atoms with Gasteiger partial charge in [-0.3, -0.25) is 0 Å². The van der Waals surface area contributed by atoms with Gasteiger partial charge >= 0.3 is 0 Å². The van der Waals surface area contributed by atoms with Crippen molar-refractivity contribution >= 4 is 0 Å². The van der Waals surface area contributed by atoms with E-state index in [4.69, 9.17) is 4.52 Å². The maximum absolute atomic E-state index is 14.2. The molecule has 0 fully saturated rings. The molecule has 0 saturated carbocycles. The van der Waals surface area contributed by atoms with E-state index in [1.54, 1.807) is 37.3 Å². The van der Waals surface area contributed by atoms with Gasteiger partial charge in [-0.25, -0.2) is 13.2 Å². The highest BCUT2D eigenvalue weighted by atomic mass is 19.2. The van der Waals surface area contributed by atoms with Crippen LogP contribution in [0, 0.1) is 24.4 Å². The highest BCUT2D eigenvalue weighted by Gasteiger charge is 2.17. The quantitative estimate of drug-likeness (QED) is 0.449. The first kappa shape index (κ1) is 20.8. The first-order valence-corrected chi connectivity index (χ1v) is 9.34. The number of halogens is 3. The largest absolute Gasteiger partial charge is 0.392 e. The Hall–Kier alpha value is -3.49. The standard InChI is InChI=1S/C23H17F3N2O3/c1-12-6-14(4-5-18(12)19-8-17(24)9-20(25)21(19)26)23-27-22(28-31-23)13-2-3-15(10-29)16(7-13)11-30/h2-9,29-30H,10-11H2,1H3. The second kappa shape index (κ2) is 8.33. The van der Waals surface area contributed by atoms with Crippen molar-refractivity contribution in [1.82, 2.24) is 10.1 Å². The summed E-state index contributed by atoms with van der Waals surface area (Å²) in [5.41, 5.74) is 3.03. The summed E-state index contributed by atoms with van der Waals surface area (Å²) in [6.07, 6.45) is 0. The van der Waals surface area contributed by atoms with Gasteiger partial charge < -0.3 is 14.7 Å². The van der Waals surface area contributed by atoms with E-state index in [2.05, 4.69) is 10.1 Å². The lowest BCUT2D eigenvalue weighted by atomic mass is 9.97. The lowest BCUT2D eigenvalue weighted by Crippen LogP contribution is -1.95. The Bertz CT molecular complexity index is 1270. The predicted octanol–water partition coefficient (Wildman–Crippen LogP) is 4.78. The van der Waals surface area contributed by atoms with Gasteiger partial charge in [0.1, 0.15) is 5.82 Å². The van der Waals surface area contributed by atoms with E-state index in [0.717, 1.165) is 6.07 Å². The molecule has 4 rings (SSSR count). The average Bonchev–Trinajstić information content (AvgIpc) is 3.26. The van der Waals surface area contributed by atoms with Crippen LogP contribution in [0.25, 0.3) is 34.0 Å². The van der Waals surface area contributed by atoms with Crippen LogP contribution in [0.15, 0.2) is 53.1 Å². The van der Waals surface area contributed by atoms with Gasteiger partial charge in [0, 0.05) is 22.8 Å². The fraction of sp³-hybridized carbons (Fsp3) is 0.130. The Labute approximate surface area is 175 Å². The third kappa shape index (κ3) is 3.95. The molecule has 8 heteroatoms. The summed E-state index contributed by atoms with van der Waals surface area (Å²) in [5, 5.41) is 22.7. The van der Waals surface area contributed by atoms with Crippen molar-refractivity contribution in [3.8, 4) is 34.0 Å². The highest BCUT2D eigenvalue weighted by Crippen LogP contribution is 2.32. The molecule has 31 heavy (non-hydrogen) atoms. The molecule has 0 aliphatic rings. The number of hydrogen-bond donors (Lipinski definition) is 2. The SMILES string of the molecule is Cc1cc(-c2nc(-c3ccc(CO)c(CO)c3)no2)ccc1-c1cc(F)cc(F)c1F. The predicted molar refractivity (Wildman–Crippen MR) is 107 cm³/mol. The average molecular weight is 426 g/mol. The van der Waals surface area contributed by atoms with Crippen molar-refractivity contribution < 1.29 is 27.9 Å². The second-order valence-corrected chi connectivity index (χ2v) is 7.00. The zero-order valence-electron chi connectivity index (χ0n) is 16.4. The van der Waals surface area contributed by atoms with Crippen LogP contribution in [-0.4, -0.2) is 20.4 Å². The van der Waals surface area contributed by atoms with Gasteiger partial charge in [0.25, 0.3) is 5.89 Å². The summed E-state index contributed by atoms with van der Waals surface area (Å²) < 4.78 is 46.6.